The highest BCUT2D eigenvalue weighted by Gasteiger charge is 2.15. The third-order valence-electron chi connectivity index (χ3n) is 3.71. The van der Waals surface area contributed by atoms with E-state index in [0.717, 1.165) is 22.3 Å². The molecule has 1 N–H and O–H groups in total. The number of nitrogens with zero attached hydrogens (tertiary/aromatic N) is 1. The van der Waals surface area contributed by atoms with Gasteiger partial charge in [-0.05, 0) is 49.4 Å². The largest absolute Gasteiger partial charge is 0.367 e. The standard InChI is InChI=1S/C17H20Cl2N2/c1-12(14-5-7-15(18)8-6-14)21(3)17-9-4-13(11-20-2)10-16(17)19/h4-10,12,20H,11H2,1-3H3. The predicted octanol–water partition coefficient (Wildman–Crippen LogP) is 4.91. The maximum Gasteiger partial charge on any atom is 0.0642 e. The number of hydrogen-bond donors (Lipinski definition) is 1. The summed E-state index contributed by atoms with van der Waals surface area (Å²) in [6.45, 7) is 2.97. The molecule has 112 valence electrons. The highest BCUT2D eigenvalue weighted by molar-refractivity contribution is 6.33. The van der Waals surface area contributed by atoms with Crippen LogP contribution in [0.3, 0.4) is 0 Å². The van der Waals surface area contributed by atoms with Gasteiger partial charge >= 0.3 is 0 Å². The fraction of sp³-hybridized carbons (Fsp3) is 0.294. The van der Waals surface area contributed by atoms with Crippen LogP contribution in [0.15, 0.2) is 42.5 Å². The summed E-state index contributed by atoms with van der Waals surface area (Å²) in [4.78, 5) is 2.18. The molecule has 0 saturated heterocycles. The summed E-state index contributed by atoms with van der Waals surface area (Å²) < 4.78 is 0. The van der Waals surface area contributed by atoms with E-state index in [2.05, 4.69) is 36.3 Å². The first-order valence-corrected chi connectivity index (χ1v) is 7.70. The Kier molecular flexibility index (Phi) is 5.51. The molecule has 1 unspecified atom stereocenters. The average Bonchev–Trinajstić information content (AvgIpc) is 2.47. The lowest BCUT2D eigenvalue weighted by Gasteiger charge is -2.28. The lowest BCUT2D eigenvalue weighted by Crippen LogP contribution is -2.22. The van der Waals surface area contributed by atoms with Gasteiger partial charge in [0.2, 0.25) is 0 Å². The highest BCUT2D eigenvalue weighted by atomic mass is 35.5. The quantitative estimate of drug-likeness (QED) is 0.841. The van der Waals surface area contributed by atoms with Gasteiger partial charge in [0, 0.05) is 18.6 Å². The van der Waals surface area contributed by atoms with Crippen LogP contribution < -0.4 is 10.2 Å². The van der Waals surface area contributed by atoms with Gasteiger partial charge in [-0.1, -0.05) is 41.4 Å². The molecule has 0 aliphatic carbocycles. The van der Waals surface area contributed by atoms with Crippen LogP contribution >= 0.6 is 23.2 Å². The van der Waals surface area contributed by atoms with Crippen LogP contribution in [0.2, 0.25) is 10.0 Å². The third-order valence-corrected chi connectivity index (χ3v) is 4.26. The Morgan fingerprint density at radius 2 is 1.76 bits per heavy atom. The van der Waals surface area contributed by atoms with Crippen molar-refractivity contribution in [1.29, 1.82) is 0 Å². The molecule has 0 heterocycles. The van der Waals surface area contributed by atoms with E-state index in [-0.39, 0.29) is 6.04 Å². The predicted molar refractivity (Wildman–Crippen MR) is 92.5 cm³/mol. The molecule has 0 fully saturated rings. The second kappa shape index (κ2) is 7.17. The fourth-order valence-corrected chi connectivity index (χ4v) is 2.79. The lowest BCUT2D eigenvalue weighted by atomic mass is 10.1. The van der Waals surface area contributed by atoms with Crippen molar-refractivity contribution in [2.75, 3.05) is 19.0 Å². The van der Waals surface area contributed by atoms with Crippen molar-refractivity contribution >= 4 is 28.9 Å². The first-order valence-electron chi connectivity index (χ1n) is 6.94. The topological polar surface area (TPSA) is 15.3 Å². The molecule has 0 saturated carbocycles. The van der Waals surface area contributed by atoms with E-state index in [4.69, 9.17) is 23.2 Å². The normalized spacial score (nSPS) is 12.2. The minimum atomic E-state index is 0.218. The van der Waals surface area contributed by atoms with Crippen LogP contribution in [0, 0.1) is 0 Å². The first kappa shape index (κ1) is 16.2. The number of anilines is 1. The summed E-state index contributed by atoms with van der Waals surface area (Å²) in [6.07, 6.45) is 0. The molecule has 21 heavy (non-hydrogen) atoms. The lowest BCUT2D eigenvalue weighted by molar-refractivity contribution is 0.739. The SMILES string of the molecule is CNCc1ccc(N(C)C(C)c2ccc(Cl)cc2)c(Cl)c1. The van der Waals surface area contributed by atoms with Crippen molar-refractivity contribution in [3.63, 3.8) is 0 Å². The van der Waals surface area contributed by atoms with Crippen molar-refractivity contribution in [2.24, 2.45) is 0 Å². The van der Waals surface area contributed by atoms with Gasteiger partial charge in [0.1, 0.15) is 0 Å². The number of halogens is 2. The molecular weight excluding hydrogens is 303 g/mol. The molecule has 2 rings (SSSR count). The molecule has 2 aromatic rings. The molecule has 2 aromatic carbocycles. The van der Waals surface area contributed by atoms with Gasteiger partial charge in [-0.3, -0.25) is 0 Å². The summed E-state index contributed by atoms with van der Waals surface area (Å²) in [6, 6.07) is 14.3. The van der Waals surface area contributed by atoms with E-state index >= 15 is 0 Å². The molecule has 0 amide bonds. The summed E-state index contributed by atoms with van der Waals surface area (Å²) in [7, 11) is 3.98. The fourth-order valence-electron chi connectivity index (χ4n) is 2.32. The molecular formula is C17H20Cl2N2. The van der Waals surface area contributed by atoms with Gasteiger partial charge in [0.25, 0.3) is 0 Å². The average molecular weight is 323 g/mol. The second-order valence-corrected chi connectivity index (χ2v) is 6.00. The minimum Gasteiger partial charge on any atom is -0.367 e. The summed E-state index contributed by atoms with van der Waals surface area (Å²) in [5.74, 6) is 0. The Labute approximate surface area is 136 Å². The second-order valence-electron chi connectivity index (χ2n) is 5.15. The number of nitrogens with one attached hydrogen (secondary N) is 1. The molecule has 0 bridgehead atoms. The van der Waals surface area contributed by atoms with Crippen molar-refractivity contribution < 1.29 is 0 Å². The highest BCUT2D eigenvalue weighted by Crippen LogP contribution is 2.32. The van der Waals surface area contributed by atoms with Gasteiger partial charge in [0.15, 0.2) is 0 Å². The number of benzene rings is 2. The molecule has 0 aliphatic heterocycles. The smallest absolute Gasteiger partial charge is 0.0642 e. The van der Waals surface area contributed by atoms with Crippen molar-refractivity contribution in [2.45, 2.75) is 19.5 Å². The Morgan fingerprint density at radius 1 is 1.10 bits per heavy atom. The monoisotopic (exact) mass is 322 g/mol. The maximum absolute atomic E-state index is 6.43. The van der Waals surface area contributed by atoms with E-state index < -0.39 is 0 Å². The van der Waals surface area contributed by atoms with Crippen molar-refractivity contribution in [1.82, 2.24) is 5.32 Å². The zero-order valence-corrected chi connectivity index (χ0v) is 14.0. The molecule has 0 aliphatic rings. The van der Waals surface area contributed by atoms with Gasteiger partial charge in [-0.2, -0.15) is 0 Å². The summed E-state index contributed by atoms with van der Waals surface area (Å²) in [5.41, 5.74) is 3.41. The van der Waals surface area contributed by atoms with Crippen LogP contribution in [0.5, 0.6) is 0 Å². The van der Waals surface area contributed by atoms with Gasteiger partial charge in [-0.15, -0.1) is 0 Å². The Bertz CT molecular complexity index is 596. The maximum atomic E-state index is 6.43. The molecule has 1 atom stereocenters. The molecule has 0 spiro atoms. The molecule has 4 heteroatoms. The third kappa shape index (κ3) is 3.91. The molecule has 0 radical (unpaired) electrons. The molecule has 0 aromatic heterocycles. The van der Waals surface area contributed by atoms with Gasteiger partial charge in [0.05, 0.1) is 16.8 Å². The van der Waals surface area contributed by atoms with Crippen LogP contribution in [0.1, 0.15) is 24.1 Å². The summed E-state index contributed by atoms with van der Waals surface area (Å²) in [5, 5.41) is 4.65. The van der Waals surface area contributed by atoms with E-state index in [0.29, 0.717) is 0 Å². The Morgan fingerprint density at radius 3 is 2.33 bits per heavy atom. The minimum absolute atomic E-state index is 0.218. The zero-order valence-electron chi connectivity index (χ0n) is 12.5. The van der Waals surface area contributed by atoms with Crippen LogP contribution in [-0.4, -0.2) is 14.1 Å². The van der Waals surface area contributed by atoms with E-state index in [1.54, 1.807) is 0 Å². The Hall–Kier alpha value is -1.22. The van der Waals surface area contributed by atoms with E-state index in [1.165, 1.54) is 11.1 Å². The van der Waals surface area contributed by atoms with Gasteiger partial charge < -0.3 is 10.2 Å². The van der Waals surface area contributed by atoms with Crippen molar-refractivity contribution in [3.05, 3.63) is 63.6 Å². The van der Waals surface area contributed by atoms with Crippen molar-refractivity contribution in [3.8, 4) is 0 Å². The first-order chi connectivity index (χ1) is 10.0. The van der Waals surface area contributed by atoms with Gasteiger partial charge in [-0.25, -0.2) is 0 Å². The van der Waals surface area contributed by atoms with Crippen LogP contribution in [0.25, 0.3) is 0 Å². The summed E-state index contributed by atoms with van der Waals surface area (Å²) >= 11 is 12.4. The Balaban J connectivity index is 2.22. The van der Waals surface area contributed by atoms with E-state index in [1.807, 2.05) is 37.4 Å². The molecule has 2 nitrogen and oxygen atoms in total. The zero-order chi connectivity index (χ0) is 15.4. The van der Waals surface area contributed by atoms with Crippen LogP contribution in [-0.2, 0) is 6.54 Å². The van der Waals surface area contributed by atoms with E-state index in [9.17, 15) is 0 Å². The number of rotatable bonds is 5. The number of hydrogen-bond acceptors (Lipinski definition) is 2. The van der Waals surface area contributed by atoms with Crippen LogP contribution in [0.4, 0.5) is 5.69 Å².